The highest BCUT2D eigenvalue weighted by atomic mass is 16.4. The van der Waals surface area contributed by atoms with Crippen LogP contribution in [0.5, 0.6) is 0 Å². The van der Waals surface area contributed by atoms with Crippen LogP contribution in [0.2, 0.25) is 0 Å². The van der Waals surface area contributed by atoms with E-state index in [4.69, 9.17) is 0 Å². The third-order valence-corrected chi connectivity index (χ3v) is 4.42. The molecule has 0 spiro atoms. The molecule has 1 aromatic rings. The predicted octanol–water partition coefficient (Wildman–Crippen LogP) is 1.82. The molecule has 1 fully saturated rings. The van der Waals surface area contributed by atoms with Crippen molar-refractivity contribution in [3.63, 3.8) is 0 Å². The molecule has 1 amide bonds. The Morgan fingerprint density at radius 3 is 2.71 bits per heavy atom. The van der Waals surface area contributed by atoms with Crippen molar-refractivity contribution in [3.8, 4) is 0 Å². The molecule has 1 aromatic carbocycles. The number of aliphatic carboxylic acids is 1. The number of rotatable bonds is 2. The summed E-state index contributed by atoms with van der Waals surface area (Å²) in [7, 11) is 0. The molecule has 21 heavy (non-hydrogen) atoms. The molecule has 1 N–H and O–H groups in total. The molecule has 0 saturated carbocycles. The van der Waals surface area contributed by atoms with E-state index in [-0.39, 0.29) is 17.6 Å². The number of carbonyl (C=O) groups is 3. The summed E-state index contributed by atoms with van der Waals surface area (Å²) in [5.74, 6) is -1.43. The maximum atomic E-state index is 12.7. The van der Waals surface area contributed by atoms with E-state index in [1.165, 1.54) is 4.90 Å². The number of carbonyl (C=O) groups excluding carboxylic acids is 2. The van der Waals surface area contributed by atoms with Crippen LogP contribution in [0.3, 0.4) is 0 Å². The number of fused-ring (bicyclic) bond motifs is 1. The lowest BCUT2D eigenvalue weighted by Crippen LogP contribution is -2.43. The summed E-state index contributed by atoms with van der Waals surface area (Å²) in [5, 5.41) is 9.22. The van der Waals surface area contributed by atoms with Gasteiger partial charge in [-0.1, -0.05) is 24.3 Å². The van der Waals surface area contributed by atoms with Crippen molar-refractivity contribution in [2.24, 2.45) is 0 Å². The molecule has 0 radical (unpaired) electrons. The number of ketones is 1. The van der Waals surface area contributed by atoms with Crippen LogP contribution in [0.25, 0.3) is 0 Å². The number of nitrogens with zero attached hydrogens (tertiary/aromatic N) is 1. The standard InChI is InChI=1S/C16H17NO4/c18-14-8-7-12(10-4-1-2-5-11(10)14)15(19)17-9-3-6-13(17)16(20)21/h1-2,4-5,12-13H,3,6-9H2,(H,20,21). The summed E-state index contributed by atoms with van der Waals surface area (Å²) < 4.78 is 0. The Balaban J connectivity index is 1.91. The molecule has 2 unspecified atom stereocenters. The van der Waals surface area contributed by atoms with Gasteiger partial charge in [-0.25, -0.2) is 4.79 Å². The van der Waals surface area contributed by atoms with Crippen molar-refractivity contribution in [2.75, 3.05) is 6.54 Å². The Kier molecular flexibility index (Phi) is 3.49. The smallest absolute Gasteiger partial charge is 0.326 e. The molecule has 3 rings (SSSR count). The molecule has 1 aliphatic heterocycles. The van der Waals surface area contributed by atoms with E-state index in [9.17, 15) is 19.5 Å². The highest BCUT2D eigenvalue weighted by molar-refractivity contribution is 6.02. The predicted molar refractivity (Wildman–Crippen MR) is 75.1 cm³/mol. The summed E-state index contributed by atoms with van der Waals surface area (Å²) >= 11 is 0. The number of likely N-dealkylation sites (tertiary alicyclic amines) is 1. The Morgan fingerprint density at radius 2 is 1.95 bits per heavy atom. The molecule has 110 valence electrons. The average Bonchev–Trinajstić information content (AvgIpc) is 2.97. The van der Waals surface area contributed by atoms with Crippen molar-refractivity contribution in [3.05, 3.63) is 35.4 Å². The van der Waals surface area contributed by atoms with Gasteiger partial charge in [0.25, 0.3) is 0 Å². The van der Waals surface area contributed by atoms with E-state index in [1.807, 2.05) is 6.07 Å². The van der Waals surface area contributed by atoms with E-state index in [1.54, 1.807) is 18.2 Å². The number of carboxylic acids is 1. The van der Waals surface area contributed by atoms with Crippen molar-refractivity contribution >= 4 is 17.7 Å². The lowest BCUT2D eigenvalue weighted by Gasteiger charge is -2.30. The van der Waals surface area contributed by atoms with Crippen molar-refractivity contribution in [1.82, 2.24) is 4.90 Å². The largest absolute Gasteiger partial charge is 0.480 e. The van der Waals surface area contributed by atoms with E-state index < -0.39 is 12.0 Å². The lowest BCUT2D eigenvalue weighted by atomic mass is 9.81. The maximum Gasteiger partial charge on any atom is 0.326 e. The van der Waals surface area contributed by atoms with E-state index in [0.717, 1.165) is 12.0 Å². The third-order valence-electron chi connectivity index (χ3n) is 4.42. The molecule has 1 heterocycles. The summed E-state index contributed by atoms with van der Waals surface area (Å²) in [5.41, 5.74) is 1.35. The fourth-order valence-corrected chi connectivity index (χ4v) is 3.36. The lowest BCUT2D eigenvalue weighted by molar-refractivity contribution is -0.148. The first-order valence-electron chi connectivity index (χ1n) is 7.25. The van der Waals surface area contributed by atoms with Crippen LogP contribution < -0.4 is 0 Å². The highest BCUT2D eigenvalue weighted by Crippen LogP contribution is 2.34. The first-order chi connectivity index (χ1) is 10.1. The van der Waals surface area contributed by atoms with Gasteiger partial charge in [-0.3, -0.25) is 9.59 Å². The zero-order valence-corrected chi connectivity index (χ0v) is 11.6. The molecule has 1 aliphatic carbocycles. The Bertz CT molecular complexity index is 610. The van der Waals surface area contributed by atoms with Gasteiger partial charge < -0.3 is 10.0 Å². The van der Waals surface area contributed by atoms with Crippen LogP contribution in [-0.4, -0.2) is 40.3 Å². The first-order valence-corrected chi connectivity index (χ1v) is 7.25. The molecular weight excluding hydrogens is 270 g/mol. The normalized spacial score (nSPS) is 24.8. The van der Waals surface area contributed by atoms with Gasteiger partial charge in [0.15, 0.2) is 5.78 Å². The summed E-state index contributed by atoms with van der Waals surface area (Å²) in [6, 6.07) is 6.44. The van der Waals surface area contributed by atoms with Gasteiger partial charge in [0.2, 0.25) is 5.91 Å². The van der Waals surface area contributed by atoms with Gasteiger partial charge in [0.1, 0.15) is 6.04 Å². The van der Waals surface area contributed by atoms with Gasteiger partial charge in [0.05, 0.1) is 5.92 Å². The van der Waals surface area contributed by atoms with Gasteiger partial charge in [0, 0.05) is 18.5 Å². The highest BCUT2D eigenvalue weighted by Gasteiger charge is 2.39. The van der Waals surface area contributed by atoms with Crippen LogP contribution in [0.4, 0.5) is 0 Å². The number of amides is 1. The molecule has 2 aliphatic rings. The molecule has 0 aromatic heterocycles. The quantitative estimate of drug-likeness (QED) is 0.900. The Morgan fingerprint density at radius 1 is 1.19 bits per heavy atom. The average molecular weight is 287 g/mol. The van der Waals surface area contributed by atoms with Crippen LogP contribution in [0.1, 0.15) is 47.5 Å². The van der Waals surface area contributed by atoms with Crippen LogP contribution in [0, 0.1) is 0 Å². The van der Waals surface area contributed by atoms with Gasteiger partial charge >= 0.3 is 5.97 Å². The number of benzene rings is 1. The minimum Gasteiger partial charge on any atom is -0.480 e. The fourth-order valence-electron chi connectivity index (χ4n) is 3.36. The molecule has 5 heteroatoms. The van der Waals surface area contributed by atoms with Crippen molar-refractivity contribution in [2.45, 2.75) is 37.6 Å². The molecule has 0 bridgehead atoms. The molecule has 1 saturated heterocycles. The maximum absolute atomic E-state index is 12.7. The van der Waals surface area contributed by atoms with Gasteiger partial charge in [-0.2, -0.15) is 0 Å². The fraction of sp³-hybridized carbons (Fsp3) is 0.438. The van der Waals surface area contributed by atoms with Gasteiger partial charge in [-0.05, 0) is 24.8 Å². The second-order valence-corrected chi connectivity index (χ2v) is 5.63. The van der Waals surface area contributed by atoms with E-state index in [0.29, 0.717) is 31.4 Å². The molecule has 5 nitrogen and oxygen atoms in total. The first kappa shape index (κ1) is 13.8. The monoisotopic (exact) mass is 287 g/mol. The van der Waals surface area contributed by atoms with Crippen LogP contribution >= 0.6 is 0 Å². The zero-order valence-electron chi connectivity index (χ0n) is 11.6. The van der Waals surface area contributed by atoms with E-state index >= 15 is 0 Å². The minimum absolute atomic E-state index is 0.0610. The Hall–Kier alpha value is -2.17. The number of hydrogen-bond acceptors (Lipinski definition) is 3. The van der Waals surface area contributed by atoms with Crippen LogP contribution in [-0.2, 0) is 9.59 Å². The van der Waals surface area contributed by atoms with Crippen LogP contribution in [0.15, 0.2) is 24.3 Å². The zero-order chi connectivity index (χ0) is 15.0. The van der Waals surface area contributed by atoms with Gasteiger partial charge in [-0.15, -0.1) is 0 Å². The number of Topliss-reactive ketones (excluding diaryl/α,β-unsaturated/α-hetero) is 1. The van der Waals surface area contributed by atoms with Crippen molar-refractivity contribution in [1.29, 1.82) is 0 Å². The van der Waals surface area contributed by atoms with Crippen molar-refractivity contribution < 1.29 is 19.5 Å². The Labute approximate surface area is 122 Å². The second-order valence-electron chi connectivity index (χ2n) is 5.63. The summed E-state index contributed by atoms with van der Waals surface area (Å²) in [4.78, 5) is 37.4. The number of hydrogen-bond donors (Lipinski definition) is 1. The summed E-state index contributed by atoms with van der Waals surface area (Å²) in [6.07, 6.45) is 2.04. The molecular formula is C16H17NO4. The SMILES string of the molecule is O=C1CCC(C(=O)N2CCCC2C(=O)O)c2ccccc21. The topological polar surface area (TPSA) is 74.7 Å². The third kappa shape index (κ3) is 2.33. The number of carboxylic acid groups (broad SMARTS) is 1. The second kappa shape index (κ2) is 5.31. The summed E-state index contributed by atoms with van der Waals surface area (Å²) in [6.45, 7) is 0.489. The minimum atomic E-state index is -0.943. The molecule has 2 atom stereocenters. The van der Waals surface area contributed by atoms with E-state index in [2.05, 4.69) is 0 Å².